The fraction of sp³-hybridized carbons (Fsp3) is 1.00. The fourth-order valence-corrected chi connectivity index (χ4v) is 2.58. The molecule has 0 aliphatic carbocycles. The second-order valence-electron chi connectivity index (χ2n) is 7.10. The fourth-order valence-electron chi connectivity index (χ4n) is 2.58. The van der Waals surface area contributed by atoms with Gasteiger partial charge in [0.15, 0.2) is 0 Å². The predicted octanol–water partition coefficient (Wildman–Crippen LogP) is 2.04. The highest BCUT2D eigenvalue weighted by molar-refractivity contribution is 4.78. The summed E-state index contributed by atoms with van der Waals surface area (Å²) in [6.07, 6.45) is 4.07. The molecule has 1 aliphatic rings. The average Bonchev–Trinajstić information content (AvgIpc) is 2.26. The molecule has 1 rings (SSSR count). The molecule has 1 unspecified atom stereocenters. The molecule has 0 spiro atoms. The SMILES string of the molecule is CN(C)CCCN1CCCC(CNC(C)(C)C)C1. The zero-order valence-electron chi connectivity index (χ0n) is 13.1. The third-order valence-electron chi connectivity index (χ3n) is 3.60. The van der Waals surface area contributed by atoms with Gasteiger partial charge in [-0.2, -0.15) is 0 Å². The van der Waals surface area contributed by atoms with Crippen LogP contribution in [-0.2, 0) is 0 Å². The summed E-state index contributed by atoms with van der Waals surface area (Å²) in [5.74, 6) is 0.845. The molecular weight excluding hydrogens is 222 g/mol. The summed E-state index contributed by atoms with van der Waals surface area (Å²) < 4.78 is 0. The Kier molecular flexibility index (Phi) is 6.61. The summed E-state index contributed by atoms with van der Waals surface area (Å²) in [6, 6.07) is 0. The van der Waals surface area contributed by atoms with Crippen LogP contribution in [0.2, 0.25) is 0 Å². The van der Waals surface area contributed by atoms with Crippen LogP contribution < -0.4 is 5.32 Å². The summed E-state index contributed by atoms with van der Waals surface area (Å²) in [5, 5.41) is 3.65. The highest BCUT2D eigenvalue weighted by Gasteiger charge is 2.21. The van der Waals surface area contributed by atoms with Crippen molar-refractivity contribution in [2.75, 3.05) is 46.8 Å². The third-order valence-corrected chi connectivity index (χ3v) is 3.60. The maximum atomic E-state index is 3.65. The molecule has 0 bridgehead atoms. The smallest absolute Gasteiger partial charge is 0.00966 e. The Morgan fingerprint density at radius 1 is 1.28 bits per heavy atom. The topological polar surface area (TPSA) is 18.5 Å². The lowest BCUT2D eigenvalue weighted by molar-refractivity contribution is 0.161. The monoisotopic (exact) mass is 255 g/mol. The van der Waals surface area contributed by atoms with Gasteiger partial charge in [0.1, 0.15) is 0 Å². The molecule has 1 heterocycles. The minimum atomic E-state index is 0.257. The van der Waals surface area contributed by atoms with E-state index in [4.69, 9.17) is 0 Å². The Morgan fingerprint density at radius 2 is 2.00 bits per heavy atom. The van der Waals surface area contributed by atoms with Crippen molar-refractivity contribution in [3.8, 4) is 0 Å². The Morgan fingerprint density at radius 3 is 2.61 bits per heavy atom. The summed E-state index contributed by atoms with van der Waals surface area (Å²) in [7, 11) is 4.32. The summed E-state index contributed by atoms with van der Waals surface area (Å²) >= 11 is 0. The Labute approximate surface area is 114 Å². The standard InChI is InChI=1S/C15H33N3/c1-15(2,3)16-12-14-8-6-10-18(13-14)11-7-9-17(4)5/h14,16H,6-13H2,1-5H3. The molecule has 0 aromatic heterocycles. The van der Waals surface area contributed by atoms with Crippen molar-refractivity contribution in [3.63, 3.8) is 0 Å². The maximum Gasteiger partial charge on any atom is 0.00966 e. The normalized spacial score (nSPS) is 22.7. The molecule has 1 saturated heterocycles. The summed E-state index contributed by atoms with van der Waals surface area (Å²) in [4.78, 5) is 4.94. The molecule has 1 fully saturated rings. The second kappa shape index (κ2) is 7.46. The van der Waals surface area contributed by atoms with Gasteiger partial charge in [-0.3, -0.25) is 0 Å². The van der Waals surface area contributed by atoms with Crippen molar-refractivity contribution in [2.24, 2.45) is 5.92 Å². The highest BCUT2D eigenvalue weighted by Crippen LogP contribution is 2.16. The molecule has 1 atom stereocenters. The number of nitrogens with one attached hydrogen (secondary N) is 1. The largest absolute Gasteiger partial charge is 0.312 e. The van der Waals surface area contributed by atoms with Gasteiger partial charge in [-0.05, 0) is 86.2 Å². The van der Waals surface area contributed by atoms with E-state index in [9.17, 15) is 0 Å². The van der Waals surface area contributed by atoms with Gasteiger partial charge in [0.05, 0.1) is 0 Å². The lowest BCUT2D eigenvalue weighted by atomic mass is 9.96. The first-order valence-corrected chi connectivity index (χ1v) is 7.49. The van der Waals surface area contributed by atoms with Crippen LogP contribution in [0, 0.1) is 5.92 Å². The van der Waals surface area contributed by atoms with E-state index in [1.54, 1.807) is 0 Å². The van der Waals surface area contributed by atoms with Gasteiger partial charge in [0.2, 0.25) is 0 Å². The maximum absolute atomic E-state index is 3.65. The van der Waals surface area contributed by atoms with Crippen LogP contribution in [0.25, 0.3) is 0 Å². The molecular formula is C15H33N3. The third kappa shape index (κ3) is 7.34. The molecule has 1 N–H and O–H groups in total. The first-order chi connectivity index (χ1) is 8.37. The minimum absolute atomic E-state index is 0.257. The first-order valence-electron chi connectivity index (χ1n) is 7.49. The number of rotatable bonds is 6. The van der Waals surface area contributed by atoms with Crippen molar-refractivity contribution >= 4 is 0 Å². The van der Waals surface area contributed by atoms with Crippen LogP contribution in [0.5, 0.6) is 0 Å². The molecule has 0 saturated carbocycles. The van der Waals surface area contributed by atoms with Gasteiger partial charge in [0, 0.05) is 12.1 Å². The molecule has 3 heteroatoms. The van der Waals surface area contributed by atoms with E-state index in [1.807, 2.05) is 0 Å². The van der Waals surface area contributed by atoms with Crippen molar-refractivity contribution < 1.29 is 0 Å². The van der Waals surface area contributed by atoms with Gasteiger partial charge in [-0.1, -0.05) is 0 Å². The number of hydrogen-bond donors (Lipinski definition) is 1. The molecule has 18 heavy (non-hydrogen) atoms. The molecule has 108 valence electrons. The molecule has 0 radical (unpaired) electrons. The van der Waals surface area contributed by atoms with Gasteiger partial charge < -0.3 is 15.1 Å². The number of piperidine rings is 1. The second-order valence-corrected chi connectivity index (χ2v) is 7.10. The van der Waals surface area contributed by atoms with E-state index in [2.05, 4.69) is 50.0 Å². The Bertz CT molecular complexity index is 220. The number of nitrogens with zero attached hydrogens (tertiary/aromatic N) is 2. The molecule has 0 amide bonds. The highest BCUT2D eigenvalue weighted by atomic mass is 15.1. The van der Waals surface area contributed by atoms with Crippen LogP contribution in [0.4, 0.5) is 0 Å². The Hall–Kier alpha value is -0.120. The van der Waals surface area contributed by atoms with Crippen molar-refractivity contribution in [1.82, 2.24) is 15.1 Å². The van der Waals surface area contributed by atoms with Crippen LogP contribution in [0.3, 0.4) is 0 Å². The van der Waals surface area contributed by atoms with E-state index in [1.165, 1.54) is 52.0 Å². The van der Waals surface area contributed by atoms with Crippen LogP contribution in [-0.4, -0.2) is 62.2 Å². The summed E-state index contributed by atoms with van der Waals surface area (Å²) in [5.41, 5.74) is 0.257. The van der Waals surface area contributed by atoms with E-state index in [0.29, 0.717) is 0 Å². The van der Waals surface area contributed by atoms with Gasteiger partial charge in [-0.15, -0.1) is 0 Å². The van der Waals surface area contributed by atoms with E-state index in [-0.39, 0.29) is 5.54 Å². The van der Waals surface area contributed by atoms with Crippen LogP contribution >= 0.6 is 0 Å². The molecule has 0 aromatic rings. The van der Waals surface area contributed by atoms with Crippen molar-refractivity contribution in [2.45, 2.75) is 45.6 Å². The quantitative estimate of drug-likeness (QED) is 0.783. The zero-order chi connectivity index (χ0) is 13.6. The van der Waals surface area contributed by atoms with E-state index in [0.717, 1.165) is 5.92 Å². The molecule has 3 nitrogen and oxygen atoms in total. The number of hydrogen-bond acceptors (Lipinski definition) is 3. The predicted molar refractivity (Wildman–Crippen MR) is 80.1 cm³/mol. The number of likely N-dealkylation sites (tertiary alicyclic amines) is 1. The summed E-state index contributed by atoms with van der Waals surface area (Å²) in [6.45, 7) is 13.0. The first kappa shape index (κ1) is 15.9. The Balaban J connectivity index is 2.19. The van der Waals surface area contributed by atoms with Gasteiger partial charge >= 0.3 is 0 Å². The van der Waals surface area contributed by atoms with E-state index >= 15 is 0 Å². The van der Waals surface area contributed by atoms with Crippen molar-refractivity contribution in [1.29, 1.82) is 0 Å². The van der Waals surface area contributed by atoms with Gasteiger partial charge in [-0.25, -0.2) is 0 Å². The molecule has 0 aromatic carbocycles. The zero-order valence-corrected chi connectivity index (χ0v) is 13.1. The minimum Gasteiger partial charge on any atom is -0.312 e. The van der Waals surface area contributed by atoms with E-state index < -0.39 is 0 Å². The average molecular weight is 255 g/mol. The van der Waals surface area contributed by atoms with Crippen LogP contribution in [0.1, 0.15) is 40.0 Å². The lowest BCUT2D eigenvalue weighted by Gasteiger charge is -2.34. The molecule has 1 aliphatic heterocycles. The van der Waals surface area contributed by atoms with Crippen LogP contribution in [0.15, 0.2) is 0 Å². The van der Waals surface area contributed by atoms with Gasteiger partial charge in [0.25, 0.3) is 0 Å². The lowest BCUT2D eigenvalue weighted by Crippen LogP contribution is -2.45. The van der Waals surface area contributed by atoms with Crippen molar-refractivity contribution in [3.05, 3.63) is 0 Å².